The maximum absolute atomic E-state index is 12.4. The molecule has 0 aliphatic carbocycles. The summed E-state index contributed by atoms with van der Waals surface area (Å²) in [5.41, 5.74) is 11.3. The number of pyridine rings is 2. The lowest BCUT2D eigenvalue weighted by Crippen LogP contribution is -2.07. The minimum atomic E-state index is -0.113. The summed E-state index contributed by atoms with van der Waals surface area (Å²) < 4.78 is 23.3. The quantitative estimate of drug-likeness (QED) is 0.0439. The summed E-state index contributed by atoms with van der Waals surface area (Å²) in [6, 6.07) is 29.6. The number of benzene rings is 4. The fraction of sp³-hybridized carbons (Fsp3) is 0.327. The Morgan fingerprint density at radius 1 is 0.544 bits per heavy atom. The number of ether oxygens (including phenoxy) is 4. The summed E-state index contributed by atoms with van der Waals surface area (Å²) in [4.78, 5) is 21.8. The highest BCUT2D eigenvalue weighted by Gasteiger charge is 2.11. The molecule has 0 fully saturated rings. The number of hydrogen-bond acceptors (Lipinski definition) is 8. The van der Waals surface area contributed by atoms with Gasteiger partial charge in [0.25, 0.3) is 0 Å². The van der Waals surface area contributed by atoms with Crippen LogP contribution in [0.5, 0.6) is 0 Å². The van der Waals surface area contributed by atoms with Gasteiger partial charge >= 0.3 is 0 Å². The predicted octanol–water partition coefficient (Wildman–Crippen LogP) is 10.7. The minimum Gasteiger partial charge on any atom is -0.512 e. The molecule has 296 valence electrons. The second-order valence-corrected chi connectivity index (χ2v) is 14.7. The van der Waals surface area contributed by atoms with Gasteiger partial charge in [0.15, 0.2) is 5.78 Å². The monoisotopic (exact) mass is 766 g/mol. The molecule has 0 saturated heterocycles. The van der Waals surface area contributed by atoms with Gasteiger partial charge in [0.2, 0.25) is 0 Å². The lowest BCUT2D eigenvalue weighted by Gasteiger charge is -2.12. The first-order valence-electron chi connectivity index (χ1n) is 19.9. The van der Waals surface area contributed by atoms with E-state index >= 15 is 0 Å². The number of aryl methyl sites for hydroxylation is 4. The molecule has 0 atom stereocenters. The van der Waals surface area contributed by atoms with Crippen LogP contribution in [0.1, 0.15) is 59.1 Å². The first-order valence-corrected chi connectivity index (χ1v) is 19.9. The van der Waals surface area contributed by atoms with Gasteiger partial charge in [-0.3, -0.25) is 14.8 Å². The Labute approximate surface area is 336 Å². The highest BCUT2D eigenvalue weighted by molar-refractivity contribution is 5.97. The Morgan fingerprint density at radius 2 is 0.982 bits per heavy atom. The van der Waals surface area contributed by atoms with Crippen LogP contribution in [-0.4, -0.2) is 60.5 Å². The molecule has 6 rings (SSSR count). The van der Waals surface area contributed by atoms with Crippen LogP contribution in [0.15, 0.2) is 109 Å². The van der Waals surface area contributed by atoms with Crippen molar-refractivity contribution in [1.29, 1.82) is 0 Å². The van der Waals surface area contributed by atoms with E-state index in [0.717, 1.165) is 55.2 Å². The molecule has 4 aromatic carbocycles. The number of aromatic nitrogens is 2. The van der Waals surface area contributed by atoms with Gasteiger partial charge in [-0.25, -0.2) is 0 Å². The Hall–Kier alpha value is -5.25. The average Bonchev–Trinajstić information content (AvgIpc) is 3.18. The molecule has 1 N–H and O–H groups in total. The van der Waals surface area contributed by atoms with E-state index in [4.69, 9.17) is 28.9 Å². The molecule has 8 nitrogen and oxygen atoms in total. The second kappa shape index (κ2) is 20.8. The second-order valence-electron chi connectivity index (χ2n) is 14.7. The molecule has 0 bridgehead atoms. The van der Waals surface area contributed by atoms with Crippen LogP contribution < -0.4 is 0 Å². The van der Waals surface area contributed by atoms with Crippen molar-refractivity contribution in [1.82, 2.24) is 9.97 Å². The third-order valence-electron chi connectivity index (χ3n) is 9.80. The molecule has 0 spiro atoms. The molecule has 0 unspecified atom stereocenters. The van der Waals surface area contributed by atoms with E-state index < -0.39 is 0 Å². The van der Waals surface area contributed by atoms with Crippen LogP contribution in [0.3, 0.4) is 0 Å². The van der Waals surface area contributed by atoms with Crippen molar-refractivity contribution >= 4 is 27.3 Å². The van der Waals surface area contributed by atoms with Gasteiger partial charge in [-0.1, -0.05) is 70.8 Å². The van der Waals surface area contributed by atoms with Crippen molar-refractivity contribution in [2.24, 2.45) is 0 Å². The van der Waals surface area contributed by atoms with E-state index in [2.05, 4.69) is 100 Å². The maximum Gasteiger partial charge on any atom is 0.159 e. The summed E-state index contributed by atoms with van der Waals surface area (Å²) in [7, 11) is 0. The van der Waals surface area contributed by atoms with E-state index in [1.165, 1.54) is 28.3 Å². The number of allylic oxidation sites excluding steroid dienone is 2. The molecule has 2 aromatic heterocycles. The average molecular weight is 767 g/mol. The minimum absolute atomic E-state index is 0.0742. The number of hydrogen-bond donors (Lipinski definition) is 1. The van der Waals surface area contributed by atoms with Crippen LogP contribution in [-0.2, 0) is 37.0 Å². The van der Waals surface area contributed by atoms with Crippen molar-refractivity contribution in [3.05, 3.63) is 143 Å². The molecular weight excluding hydrogens is 713 g/mol. The van der Waals surface area contributed by atoms with Crippen LogP contribution in [0.2, 0.25) is 0 Å². The summed E-state index contributed by atoms with van der Waals surface area (Å²) in [6.45, 7) is 12.1. The van der Waals surface area contributed by atoms with Crippen molar-refractivity contribution in [2.45, 2.75) is 66.6 Å². The van der Waals surface area contributed by atoms with Gasteiger partial charge in [-0.15, -0.1) is 0 Å². The molecule has 57 heavy (non-hydrogen) atoms. The lowest BCUT2D eigenvalue weighted by molar-refractivity contribution is -0.115. The number of carbonyl (C=O) groups excluding carboxylic acids is 1. The van der Waals surface area contributed by atoms with Crippen molar-refractivity contribution in [2.75, 3.05) is 39.6 Å². The molecule has 0 radical (unpaired) electrons. The SMILES string of the molecule is Cc1cc(C)cc(-c2nccc3c(COCCOCCCC(=O)C=C(O)CCCOCCOCc4cccc5c(-c6cc(C)cc(C)c6)nccc45)cccc23)c1. The van der Waals surface area contributed by atoms with Crippen molar-refractivity contribution in [3.8, 4) is 22.5 Å². The van der Waals surface area contributed by atoms with Crippen molar-refractivity contribution in [3.63, 3.8) is 0 Å². The molecule has 0 saturated carbocycles. The van der Waals surface area contributed by atoms with Gasteiger partial charge in [0.1, 0.15) is 0 Å². The number of aliphatic hydroxyl groups excluding tert-OH is 1. The summed E-state index contributed by atoms with van der Waals surface area (Å²) in [5, 5.41) is 14.7. The topological polar surface area (TPSA) is 100 Å². The third-order valence-corrected chi connectivity index (χ3v) is 9.80. The van der Waals surface area contributed by atoms with Gasteiger partial charge in [-0.05, 0) is 98.8 Å². The van der Waals surface area contributed by atoms with E-state index in [1.54, 1.807) is 0 Å². The largest absolute Gasteiger partial charge is 0.512 e. The first kappa shape index (κ1) is 41.4. The maximum atomic E-state index is 12.4. The molecular formula is C49H54N2O6. The molecule has 0 aliphatic heterocycles. The van der Waals surface area contributed by atoms with Gasteiger partial charge < -0.3 is 24.1 Å². The number of ketones is 1. The number of rotatable bonds is 21. The van der Waals surface area contributed by atoms with E-state index in [0.29, 0.717) is 78.5 Å². The Balaban J connectivity index is 0.815. The number of nitrogens with zero attached hydrogens (tertiary/aromatic N) is 2. The van der Waals surface area contributed by atoms with Crippen LogP contribution in [0, 0.1) is 27.7 Å². The smallest absolute Gasteiger partial charge is 0.159 e. The fourth-order valence-electron chi connectivity index (χ4n) is 7.32. The zero-order valence-corrected chi connectivity index (χ0v) is 33.7. The summed E-state index contributed by atoms with van der Waals surface area (Å²) >= 11 is 0. The first-order chi connectivity index (χ1) is 27.7. The number of aliphatic hydroxyl groups is 1. The van der Waals surface area contributed by atoms with Crippen LogP contribution in [0.25, 0.3) is 44.1 Å². The Bertz CT molecular complexity index is 2280. The fourth-order valence-corrected chi connectivity index (χ4v) is 7.32. The summed E-state index contributed by atoms with van der Waals surface area (Å²) in [6.07, 6.45) is 6.93. The Morgan fingerprint density at radius 3 is 1.46 bits per heavy atom. The number of fused-ring (bicyclic) bond motifs is 2. The molecule has 0 amide bonds. The highest BCUT2D eigenvalue weighted by Crippen LogP contribution is 2.31. The third kappa shape index (κ3) is 11.9. The summed E-state index contributed by atoms with van der Waals surface area (Å²) in [5.74, 6) is -0.0391. The number of carbonyl (C=O) groups is 1. The predicted molar refractivity (Wildman–Crippen MR) is 228 cm³/mol. The molecule has 0 aliphatic rings. The molecule has 2 heterocycles. The van der Waals surface area contributed by atoms with Crippen LogP contribution >= 0.6 is 0 Å². The normalized spacial score (nSPS) is 11.8. The van der Waals surface area contributed by atoms with Gasteiger partial charge in [0, 0.05) is 66.4 Å². The molecule has 6 aromatic rings. The lowest BCUT2D eigenvalue weighted by atomic mass is 9.98. The highest BCUT2D eigenvalue weighted by atomic mass is 16.5. The zero-order chi connectivity index (χ0) is 40.0. The van der Waals surface area contributed by atoms with Crippen molar-refractivity contribution < 1.29 is 28.8 Å². The van der Waals surface area contributed by atoms with Gasteiger partial charge in [0.05, 0.1) is 56.8 Å². The van der Waals surface area contributed by atoms with E-state index in [-0.39, 0.29) is 11.5 Å². The standard InChI is InChI=1S/C49H54N2O6/c1-34-25-35(2)28-40(27-34)48-46-13-5-9-38(44(46)15-17-50-48)32-56-23-21-54-19-7-11-42(52)31-43(53)12-8-20-55-22-24-57-33-39-10-6-14-47-45(39)16-18-51-49(47)41-29-36(3)26-37(4)30-41/h5-6,9-10,13-18,25-31,52H,7-8,11-12,19-24,32-33H2,1-4H3. The molecule has 8 heteroatoms. The Kier molecular flexibility index (Phi) is 15.1. The van der Waals surface area contributed by atoms with E-state index in [1.807, 2.05) is 24.5 Å². The van der Waals surface area contributed by atoms with E-state index in [9.17, 15) is 9.90 Å². The van der Waals surface area contributed by atoms with Gasteiger partial charge in [-0.2, -0.15) is 0 Å². The zero-order valence-electron chi connectivity index (χ0n) is 33.7. The van der Waals surface area contributed by atoms with Crippen LogP contribution in [0.4, 0.5) is 0 Å².